The zero-order valence-electron chi connectivity index (χ0n) is 83.5. The number of aliphatic hydroxyl groups excluding tert-OH is 1. The van der Waals surface area contributed by atoms with Crippen LogP contribution < -0.4 is 97.4 Å². The van der Waals surface area contributed by atoms with Crippen molar-refractivity contribution < 1.29 is 91.4 Å². The van der Waals surface area contributed by atoms with Crippen LogP contribution in [0.2, 0.25) is 0 Å². The van der Waals surface area contributed by atoms with Gasteiger partial charge in [0.15, 0.2) is 11.9 Å². The summed E-state index contributed by atoms with van der Waals surface area (Å²) in [5.74, 6) is -15.4. The molecular formula is C103H139N23O19S. The number of amides is 17. The van der Waals surface area contributed by atoms with Gasteiger partial charge < -0.3 is 117 Å². The number of carbonyl (C=O) groups is 17. The highest BCUT2D eigenvalue weighted by molar-refractivity contribution is 8.01. The molecule has 0 spiro atoms. The molecule has 0 aromatic heterocycles. The lowest BCUT2D eigenvalue weighted by Gasteiger charge is -2.37. The van der Waals surface area contributed by atoms with E-state index in [9.17, 15) is 67.4 Å². The number of guanidine groups is 2. The molecule has 0 aliphatic carbocycles. The lowest BCUT2D eigenvalue weighted by Crippen LogP contribution is -2.61. The first-order valence-electron chi connectivity index (χ1n) is 49.0. The second kappa shape index (κ2) is 55.7. The van der Waals surface area contributed by atoms with Crippen LogP contribution in [-0.4, -0.2) is 274 Å². The molecule has 25 N–H and O–H groups in total. The van der Waals surface area contributed by atoms with Crippen molar-refractivity contribution in [2.24, 2.45) is 34.8 Å². The predicted octanol–water partition coefficient (Wildman–Crippen LogP) is 0.482. The van der Waals surface area contributed by atoms with E-state index in [0.717, 1.165) is 16.7 Å². The highest BCUT2D eigenvalue weighted by atomic mass is 32.2. The molecule has 42 nitrogen and oxygen atoms in total. The van der Waals surface area contributed by atoms with E-state index in [1.54, 1.807) is 151 Å². The van der Waals surface area contributed by atoms with Crippen molar-refractivity contribution in [2.75, 3.05) is 52.4 Å². The Kier molecular flexibility index (Phi) is 43.7. The third kappa shape index (κ3) is 34.6. The van der Waals surface area contributed by atoms with E-state index in [1.165, 1.54) is 21.6 Å². The fourth-order valence-electron chi connectivity index (χ4n) is 17.6. The molecule has 14 atom stereocenters. The largest absolute Gasteiger partial charge is 0.444 e. The summed E-state index contributed by atoms with van der Waals surface area (Å²) in [5.41, 5.74) is 25.5. The number of likely N-dealkylation sites (tertiary alicyclic amines) is 3. The summed E-state index contributed by atoms with van der Waals surface area (Å²) >= 11 is 1.61. The van der Waals surface area contributed by atoms with E-state index < -0.39 is 222 Å². The number of carbonyl (C=O) groups excluding carboxylic acids is 17. The smallest absolute Gasteiger partial charge is 0.411 e. The van der Waals surface area contributed by atoms with Gasteiger partial charge in [0.1, 0.15) is 84.1 Å². The summed E-state index contributed by atoms with van der Waals surface area (Å²) in [6.45, 7) is 11.3. The minimum Gasteiger partial charge on any atom is -0.444 e. The Morgan fingerprint density at radius 2 is 0.822 bits per heavy atom. The monoisotopic (exact) mass is 2030 g/mol. The molecule has 43 heteroatoms. The molecule has 3 heterocycles. The van der Waals surface area contributed by atoms with Crippen molar-refractivity contribution >= 4 is 124 Å². The van der Waals surface area contributed by atoms with Gasteiger partial charge in [-0.2, -0.15) is 0 Å². The molecule has 3 saturated heterocycles. The maximum atomic E-state index is 15.1. The summed E-state index contributed by atoms with van der Waals surface area (Å²) in [4.78, 5) is 245. The number of benzene rings is 6. The number of ether oxygens (including phenoxy) is 1. The van der Waals surface area contributed by atoms with Gasteiger partial charge in [-0.25, -0.2) is 4.79 Å². The summed E-state index contributed by atoms with van der Waals surface area (Å²) in [7, 11) is 0. The van der Waals surface area contributed by atoms with E-state index in [-0.39, 0.29) is 133 Å². The highest BCUT2D eigenvalue weighted by Gasteiger charge is 2.50. The van der Waals surface area contributed by atoms with Crippen LogP contribution in [0.15, 0.2) is 182 Å². The quantitative estimate of drug-likeness (QED) is 0.0107. The topological polar surface area (TPSA) is 650 Å². The highest BCUT2D eigenvalue weighted by Crippen LogP contribution is 2.52. The fraction of sp³-hybridized carbons (Fsp3) is 0.466. The zero-order chi connectivity index (χ0) is 106. The zero-order valence-corrected chi connectivity index (χ0v) is 84.3. The van der Waals surface area contributed by atoms with Crippen LogP contribution in [0.5, 0.6) is 0 Å². The van der Waals surface area contributed by atoms with Crippen molar-refractivity contribution in [3.05, 3.63) is 215 Å². The van der Waals surface area contributed by atoms with Gasteiger partial charge in [-0.15, -0.1) is 11.8 Å². The normalized spacial score (nSPS) is 17.0. The molecule has 146 heavy (non-hydrogen) atoms. The van der Waals surface area contributed by atoms with E-state index in [4.69, 9.17) is 38.5 Å². The van der Waals surface area contributed by atoms with Gasteiger partial charge in [0.25, 0.3) is 0 Å². The first kappa shape index (κ1) is 115. The molecule has 3 aliphatic rings. The van der Waals surface area contributed by atoms with Crippen molar-refractivity contribution in [1.82, 2.24) is 89.1 Å². The predicted molar refractivity (Wildman–Crippen MR) is 546 cm³/mol. The molecule has 3 fully saturated rings. The number of hydrogen-bond donors (Lipinski definition) is 21. The summed E-state index contributed by atoms with van der Waals surface area (Å²) in [6, 6.07) is 37.4. The average Bonchev–Trinajstić information content (AvgIpc) is 1.06. The standard InChI is InChI=1S/C103H139N23O19S/c1-61(2)51-74(89(134)120-76(53-65-33-17-10-18-34-65)91(136)117-72(44-28-48-111-100(108)109)98(143)125-50-30-46-80(125)93(138)116-71(43-27-47-110-99(106)107)88(133)118-73(86(105)131)56-82(104)128)119-92(137)77(54-66-35-19-11-20-36-66)121-90(135)75(52-64-31-15-9-16-32-64)115-84(130)58-112-83(129)57-113-87(132)78(60-127)122-94(139)79-45-29-49-124(79)97(142)63(5)114-96(141)85(62(3)4)123-95(140)81-55-70(59-126(81)101(144)145-102(6,7)8)146-103(67-37-21-12-22-38-67,68-39-23-13-24-40-68)69-41-25-14-26-42-69/h9-26,31-42,61-63,70-81,85,127H,27-30,43-60H2,1-8H3,(H2,104,128)(H2,105,131)(H,112,129)(H,113,132)(H,114,141)(H,115,130)(H,116,138)(H,117,136)(H,118,133)(H,119,137)(H,120,134)(H,121,135)(H,122,139)(H,123,140)(H4,106,107,110)(H4,108,109,111)/t63-,70-,71-,72-,73-,74-,75-,76-,77-,78-,79-,80-,81+,85-/m0/s1. The molecule has 6 aromatic carbocycles. The minimum absolute atomic E-state index is 0.00661. The Hall–Kier alpha value is -15.0. The molecule has 0 radical (unpaired) electrons. The Morgan fingerprint density at radius 3 is 1.25 bits per heavy atom. The van der Waals surface area contributed by atoms with Crippen LogP contribution >= 0.6 is 11.8 Å². The van der Waals surface area contributed by atoms with Crippen molar-refractivity contribution in [3.63, 3.8) is 0 Å². The van der Waals surface area contributed by atoms with Crippen LogP contribution in [0.1, 0.15) is 159 Å². The van der Waals surface area contributed by atoms with Gasteiger partial charge in [0, 0.05) is 57.2 Å². The first-order valence-corrected chi connectivity index (χ1v) is 49.9. The summed E-state index contributed by atoms with van der Waals surface area (Å²) < 4.78 is 5.10. The number of nitrogens with two attached hydrogens (primary N) is 4. The Balaban J connectivity index is 0.822. The lowest BCUT2D eigenvalue weighted by molar-refractivity contribution is -0.142. The van der Waals surface area contributed by atoms with Crippen LogP contribution in [0.4, 0.5) is 4.79 Å². The second-order valence-electron chi connectivity index (χ2n) is 38.2. The van der Waals surface area contributed by atoms with Crippen LogP contribution in [0, 0.1) is 22.7 Å². The Bertz CT molecular complexity index is 5410. The third-order valence-electron chi connectivity index (χ3n) is 24.8. The summed E-state index contributed by atoms with van der Waals surface area (Å²) in [6.07, 6.45) is -0.979. The second-order valence-corrected chi connectivity index (χ2v) is 39.7. The van der Waals surface area contributed by atoms with E-state index >= 15 is 19.2 Å². The average molecular weight is 2040 g/mol. The molecule has 3 aliphatic heterocycles. The Labute approximate surface area is 853 Å². The van der Waals surface area contributed by atoms with Gasteiger partial charge >= 0.3 is 6.09 Å². The van der Waals surface area contributed by atoms with E-state index in [2.05, 4.69) is 111 Å². The van der Waals surface area contributed by atoms with Crippen LogP contribution in [-0.2, 0) is 105 Å². The fourth-order valence-corrected chi connectivity index (χ4v) is 19.4. The van der Waals surface area contributed by atoms with Gasteiger partial charge in [-0.1, -0.05) is 210 Å². The van der Waals surface area contributed by atoms with Gasteiger partial charge in [-0.05, 0) is 137 Å². The minimum atomic E-state index is -1.68. The molecule has 17 amide bonds. The molecule has 9 rings (SSSR count). The SMILES string of the molecule is CC(C)C[C@H](NC(=O)[C@H](Cc1ccccc1)NC(=O)[C@H](Cc1ccccc1)NC(=O)CNC(=O)CNC(=O)[C@H](CO)NC(=O)[C@@H]1CCCN1C(=O)[C@H](C)NC(=O)[C@@H](NC(=O)[C@H]1C[C@H](SC(c2ccccc2)(c2ccccc2)c2ccccc2)CN1C(=O)OC(C)(C)C)C(C)C)C(=O)N[C@@H](Cc1ccccc1)C(=O)N[C@@H](CCCNC(=N)N)C(=O)N1CCC[C@H]1C(=O)N[C@@H](CCCNC(=N)N)C(=O)N[C@@H](CC(N)=O)C(N)=O. The van der Waals surface area contributed by atoms with Crippen molar-refractivity contribution in [1.29, 1.82) is 10.8 Å². The van der Waals surface area contributed by atoms with Crippen LogP contribution in [0.3, 0.4) is 0 Å². The number of rotatable bonds is 52. The number of thioether (sulfide) groups is 1. The Morgan fingerprint density at radius 1 is 0.425 bits per heavy atom. The maximum Gasteiger partial charge on any atom is 0.411 e. The van der Waals surface area contributed by atoms with Gasteiger partial charge in [0.2, 0.25) is 94.5 Å². The third-order valence-corrected chi connectivity index (χ3v) is 26.5. The molecular weight excluding hydrogens is 1900 g/mol. The molecule has 0 saturated carbocycles. The maximum absolute atomic E-state index is 15.1. The molecule has 0 bridgehead atoms. The number of nitrogens with one attached hydrogen (secondary N) is 16. The first-order chi connectivity index (χ1) is 69.5. The van der Waals surface area contributed by atoms with Gasteiger partial charge in [-0.3, -0.25) is 92.4 Å². The van der Waals surface area contributed by atoms with E-state index in [0.29, 0.717) is 23.1 Å². The number of aliphatic hydroxyl groups is 1. The lowest BCUT2D eigenvalue weighted by atomic mass is 9.84. The van der Waals surface area contributed by atoms with E-state index in [1.807, 2.05) is 54.6 Å². The van der Waals surface area contributed by atoms with Gasteiger partial charge in [0.05, 0.1) is 30.9 Å². The van der Waals surface area contributed by atoms with Crippen molar-refractivity contribution in [2.45, 2.75) is 239 Å². The van der Waals surface area contributed by atoms with Crippen LogP contribution in [0.25, 0.3) is 0 Å². The number of primary amides is 2. The number of hydrogen-bond acceptors (Lipinski definition) is 22. The molecule has 786 valence electrons. The molecule has 0 unspecified atom stereocenters. The number of nitrogens with zero attached hydrogens (tertiary/aromatic N) is 3. The molecule has 6 aromatic rings. The summed E-state index contributed by atoms with van der Waals surface area (Å²) in [5, 5.41) is 62.3. The van der Waals surface area contributed by atoms with Crippen molar-refractivity contribution in [3.8, 4) is 0 Å².